The van der Waals surface area contributed by atoms with Gasteiger partial charge in [0.2, 0.25) is 0 Å². The van der Waals surface area contributed by atoms with Gasteiger partial charge in [0.05, 0.1) is 6.07 Å². The number of aromatic amines is 1. The molecule has 1 aromatic rings. The maximum absolute atomic E-state index is 12.7. The van der Waals surface area contributed by atoms with Crippen molar-refractivity contribution in [3.63, 3.8) is 0 Å². The summed E-state index contributed by atoms with van der Waals surface area (Å²) >= 11 is 0. The lowest BCUT2D eigenvalue weighted by Crippen LogP contribution is -2.25. The zero-order valence-electron chi connectivity index (χ0n) is 6.40. The van der Waals surface area contributed by atoms with Crippen molar-refractivity contribution in [2.75, 3.05) is 0 Å². The van der Waals surface area contributed by atoms with E-state index in [1.807, 2.05) is 0 Å². The SMILES string of the molecule is O=C(O)C(F)(F)c1cc([N+](=O)[O-])[nH]n1. The van der Waals surface area contributed by atoms with Gasteiger partial charge in [0, 0.05) is 0 Å². The molecule has 0 aromatic carbocycles. The molecule has 76 valence electrons. The number of aromatic nitrogens is 2. The number of nitrogens with one attached hydrogen (secondary N) is 1. The summed E-state index contributed by atoms with van der Waals surface area (Å²) in [6.07, 6.45) is 0. The molecule has 14 heavy (non-hydrogen) atoms. The molecule has 0 unspecified atom stereocenters. The van der Waals surface area contributed by atoms with Gasteiger partial charge in [-0.15, -0.1) is 5.10 Å². The third kappa shape index (κ3) is 1.51. The van der Waals surface area contributed by atoms with Crippen LogP contribution in [-0.2, 0) is 10.7 Å². The Morgan fingerprint density at radius 3 is 2.64 bits per heavy atom. The van der Waals surface area contributed by atoms with Gasteiger partial charge < -0.3 is 15.2 Å². The van der Waals surface area contributed by atoms with E-state index in [0.717, 1.165) is 0 Å². The van der Waals surface area contributed by atoms with Gasteiger partial charge in [-0.25, -0.2) is 4.79 Å². The molecule has 0 aliphatic rings. The molecule has 0 amide bonds. The van der Waals surface area contributed by atoms with Gasteiger partial charge in [-0.05, 0) is 4.92 Å². The van der Waals surface area contributed by atoms with E-state index >= 15 is 0 Å². The summed E-state index contributed by atoms with van der Waals surface area (Å²) in [5, 5.41) is 22.6. The van der Waals surface area contributed by atoms with E-state index in [0.29, 0.717) is 6.07 Å². The summed E-state index contributed by atoms with van der Waals surface area (Å²) in [6, 6.07) is 0.369. The molecule has 0 spiro atoms. The number of alkyl halides is 2. The lowest BCUT2D eigenvalue weighted by atomic mass is 10.2. The first-order valence-electron chi connectivity index (χ1n) is 3.17. The number of aliphatic carboxylic acids is 1. The minimum absolute atomic E-state index is 0.369. The molecule has 9 heteroatoms. The van der Waals surface area contributed by atoms with Gasteiger partial charge in [0.25, 0.3) is 0 Å². The molecule has 1 heterocycles. The fourth-order valence-corrected chi connectivity index (χ4v) is 0.675. The number of rotatable bonds is 3. The number of halogens is 2. The lowest BCUT2D eigenvalue weighted by molar-refractivity contribution is -0.389. The first kappa shape index (κ1) is 10.0. The van der Waals surface area contributed by atoms with Crippen molar-refractivity contribution in [3.8, 4) is 0 Å². The molecule has 0 radical (unpaired) electrons. The van der Waals surface area contributed by atoms with Crippen LogP contribution in [0.2, 0.25) is 0 Å². The molecule has 0 saturated heterocycles. The normalized spacial score (nSPS) is 11.3. The van der Waals surface area contributed by atoms with Crippen LogP contribution in [0.25, 0.3) is 0 Å². The summed E-state index contributed by atoms with van der Waals surface area (Å²) in [5.41, 5.74) is -1.20. The number of nitro groups is 1. The molecule has 0 atom stereocenters. The molecule has 2 N–H and O–H groups in total. The van der Waals surface area contributed by atoms with Gasteiger partial charge >= 0.3 is 17.7 Å². The van der Waals surface area contributed by atoms with Crippen LogP contribution >= 0.6 is 0 Å². The minimum Gasteiger partial charge on any atom is -0.476 e. The Bertz CT molecular complexity index is 388. The van der Waals surface area contributed by atoms with Gasteiger partial charge in [0.1, 0.15) is 0 Å². The topological polar surface area (TPSA) is 109 Å². The number of H-pyrrole nitrogens is 1. The Labute approximate surface area is 74.5 Å². The maximum atomic E-state index is 12.7. The van der Waals surface area contributed by atoms with Crippen molar-refractivity contribution in [2.45, 2.75) is 5.92 Å². The molecule has 0 aliphatic heterocycles. The van der Waals surface area contributed by atoms with E-state index in [-0.39, 0.29) is 0 Å². The second kappa shape index (κ2) is 3.01. The second-order valence-corrected chi connectivity index (χ2v) is 2.28. The third-order valence-electron chi connectivity index (χ3n) is 1.35. The average molecular weight is 207 g/mol. The Kier molecular flexibility index (Phi) is 2.16. The zero-order chi connectivity index (χ0) is 10.9. The van der Waals surface area contributed by atoms with Gasteiger partial charge in [-0.2, -0.15) is 8.78 Å². The maximum Gasteiger partial charge on any atom is 0.388 e. The lowest BCUT2D eigenvalue weighted by Gasteiger charge is -2.04. The Hall–Kier alpha value is -2.06. The summed E-state index contributed by atoms with van der Waals surface area (Å²) in [4.78, 5) is 19.1. The fraction of sp³-hybridized carbons (Fsp3) is 0.200. The largest absolute Gasteiger partial charge is 0.476 e. The number of carbonyl (C=O) groups is 1. The third-order valence-corrected chi connectivity index (χ3v) is 1.35. The standard InChI is InChI=1S/C5H3F2N3O4/c6-5(7,4(11)12)2-1-3(9-8-2)10(13)14/h1H,(H,8,9)(H,11,12). The van der Waals surface area contributed by atoms with Crippen LogP contribution in [-0.4, -0.2) is 26.2 Å². The monoisotopic (exact) mass is 207 g/mol. The van der Waals surface area contributed by atoms with Crippen LogP contribution < -0.4 is 0 Å². The van der Waals surface area contributed by atoms with E-state index < -0.39 is 28.3 Å². The number of hydrogen-bond acceptors (Lipinski definition) is 4. The highest BCUT2D eigenvalue weighted by Gasteiger charge is 2.45. The van der Waals surface area contributed by atoms with Crippen molar-refractivity contribution in [2.24, 2.45) is 0 Å². The quantitative estimate of drug-likeness (QED) is 0.553. The van der Waals surface area contributed by atoms with Crippen LogP contribution in [0.4, 0.5) is 14.6 Å². The summed E-state index contributed by atoms with van der Waals surface area (Å²) < 4.78 is 25.3. The fourth-order valence-electron chi connectivity index (χ4n) is 0.675. The van der Waals surface area contributed by atoms with E-state index in [2.05, 4.69) is 5.10 Å². The van der Waals surface area contributed by atoms with Gasteiger partial charge in [-0.1, -0.05) is 5.10 Å². The molecule has 0 aliphatic carbocycles. The molecule has 0 saturated carbocycles. The summed E-state index contributed by atoms with van der Waals surface area (Å²) in [5.74, 6) is -7.44. The number of carboxylic acid groups (broad SMARTS) is 1. The zero-order valence-corrected chi connectivity index (χ0v) is 6.40. The molecule has 0 fully saturated rings. The Morgan fingerprint density at radius 1 is 1.71 bits per heavy atom. The number of nitrogens with zero attached hydrogens (tertiary/aromatic N) is 2. The molecule has 0 bridgehead atoms. The molecule has 7 nitrogen and oxygen atoms in total. The van der Waals surface area contributed by atoms with Crippen molar-refractivity contribution in [1.82, 2.24) is 10.2 Å². The predicted octanol–water partition coefficient (Wildman–Crippen LogP) is 0.494. The van der Waals surface area contributed by atoms with E-state index in [1.54, 1.807) is 5.10 Å². The van der Waals surface area contributed by atoms with Crippen molar-refractivity contribution < 1.29 is 23.6 Å². The highest BCUT2D eigenvalue weighted by molar-refractivity contribution is 5.76. The van der Waals surface area contributed by atoms with E-state index in [9.17, 15) is 23.7 Å². The number of hydrogen-bond donors (Lipinski definition) is 2. The summed E-state index contributed by atoms with van der Waals surface area (Å²) in [6.45, 7) is 0. The molecular formula is C5H3F2N3O4. The highest BCUT2D eigenvalue weighted by atomic mass is 19.3. The minimum atomic E-state index is -4.23. The van der Waals surface area contributed by atoms with Crippen molar-refractivity contribution >= 4 is 11.8 Å². The summed E-state index contributed by atoms with van der Waals surface area (Å²) in [7, 11) is 0. The number of carboxylic acids is 1. The van der Waals surface area contributed by atoms with Crippen LogP contribution in [0.1, 0.15) is 5.69 Å². The second-order valence-electron chi connectivity index (χ2n) is 2.28. The first-order valence-corrected chi connectivity index (χ1v) is 3.17. The molecular weight excluding hydrogens is 204 g/mol. The predicted molar refractivity (Wildman–Crippen MR) is 36.8 cm³/mol. The van der Waals surface area contributed by atoms with Crippen molar-refractivity contribution in [1.29, 1.82) is 0 Å². The van der Waals surface area contributed by atoms with Crippen LogP contribution in [0, 0.1) is 10.1 Å². The van der Waals surface area contributed by atoms with Crippen LogP contribution in [0.15, 0.2) is 6.07 Å². The Morgan fingerprint density at radius 2 is 2.29 bits per heavy atom. The first-order chi connectivity index (χ1) is 6.35. The highest BCUT2D eigenvalue weighted by Crippen LogP contribution is 2.28. The van der Waals surface area contributed by atoms with Gasteiger partial charge in [0.15, 0.2) is 5.69 Å². The van der Waals surface area contributed by atoms with Crippen LogP contribution in [0.5, 0.6) is 0 Å². The van der Waals surface area contributed by atoms with E-state index in [4.69, 9.17) is 5.11 Å². The molecule has 1 aromatic heterocycles. The van der Waals surface area contributed by atoms with Crippen LogP contribution in [0.3, 0.4) is 0 Å². The smallest absolute Gasteiger partial charge is 0.388 e. The van der Waals surface area contributed by atoms with Crippen molar-refractivity contribution in [3.05, 3.63) is 21.9 Å². The van der Waals surface area contributed by atoms with Gasteiger partial charge in [-0.3, -0.25) is 0 Å². The average Bonchev–Trinajstić information content (AvgIpc) is 2.51. The Balaban J connectivity index is 3.09. The van der Waals surface area contributed by atoms with E-state index in [1.165, 1.54) is 0 Å². The molecule has 1 rings (SSSR count).